The lowest BCUT2D eigenvalue weighted by atomic mass is 10.0. The van der Waals surface area contributed by atoms with Gasteiger partial charge in [-0.3, -0.25) is 4.79 Å². The first kappa shape index (κ1) is 15.6. The van der Waals surface area contributed by atoms with E-state index in [1.807, 2.05) is 0 Å². The minimum Gasteiger partial charge on any atom is -0.493 e. The van der Waals surface area contributed by atoms with Crippen LogP contribution in [0.25, 0.3) is 0 Å². The predicted molar refractivity (Wildman–Crippen MR) is 75.2 cm³/mol. The molecule has 1 unspecified atom stereocenters. The molecular weight excluding hydrogens is 298 g/mol. The van der Waals surface area contributed by atoms with E-state index in [1.54, 1.807) is 18.2 Å². The zero-order valence-electron chi connectivity index (χ0n) is 11.5. The second-order valence-corrected chi connectivity index (χ2v) is 7.09. The maximum Gasteiger partial charge on any atom is 0.305 e. The first-order valence-electron chi connectivity index (χ1n) is 6.33. The van der Waals surface area contributed by atoms with Gasteiger partial charge in [0.1, 0.15) is 6.10 Å². The molecule has 0 aromatic heterocycles. The van der Waals surface area contributed by atoms with Crippen molar-refractivity contribution < 1.29 is 27.8 Å². The molecule has 1 aliphatic heterocycles. The Morgan fingerprint density at radius 2 is 2.10 bits per heavy atom. The molecule has 116 valence electrons. The molecule has 0 saturated carbocycles. The van der Waals surface area contributed by atoms with Gasteiger partial charge in [-0.2, -0.15) is 0 Å². The molecule has 0 aliphatic carbocycles. The summed E-state index contributed by atoms with van der Waals surface area (Å²) in [5.41, 5.74) is 6.40. The highest BCUT2D eigenvalue weighted by Gasteiger charge is 2.35. The fourth-order valence-corrected chi connectivity index (χ4v) is 3.25. The number of carboxylic acid groups (broad SMARTS) is 1. The first-order chi connectivity index (χ1) is 9.80. The van der Waals surface area contributed by atoms with E-state index in [2.05, 4.69) is 0 Å². The van der Waals surface area contributed by atoms with E-state index >= 15 is 0 Å². The van der Waals surface area contributed by atoms with Gasteiger partial charge >= 0.3 is 5.97 Å². The minimum absolute atomic E-state index is 0.00354. The van der Waals surface area contributed by atoms with Crippen molar-refractivity contribution in [2.24, 2.45) is 5.73 Å². The smallest absolute Gasteiger partial charge is 0.305 e. The lowest BCUT2D eigenvalue weighted by molar-refractivity contribution is -0.137. The average molecular weight is 315 g/mol. The Morgan fingerprint density at radius 3 is 2.62 bits per heavy atom. The molecule has 0 amide bonds. The van der Waals surface area contributed by atoms with Crippen LogP contribution < -0.4 is 15.2 Å². The van der Waals surface area contributed by atoms with E-state index in [0.29, 0.717) is 17.1 Å². The van der Waals surface area contributed by atoms with Gasteiger partial charge in [-0.1, -0.05) is 6.07 Å². The van der Waals surface area contributed by atoms with Crippen molar-refractivity contribution in [3.05, 3.63) is 23.8 Å². The number of ether oxygens (including phenoxy) is 2. The van der Waals surface area contributed by atoms with Crippen LogP contribution in [0.1, 0.15) is 18.0 Å². The van der Waals surface area contributed by atoms with E-state index < -0.39 is 21.8 Å². The third-order valence-corrected chi connectivity index (χ3v) is 4.94. The van der Waals surface area contributed by atoms with Crippen molar-refractivity contribution >= 4 is 15.8 Å². The fraction of sp³-hybridized carbons (Fsp3) is 0.462. The van der Waals surface area contributed by atoms with Gasteiger partial charge in [-0.15, -0.1) is 0 Å². The number of hydrogen-bond acceptors (Lipinski definition) is 6. The van der Waals surface area contributed by atoms with Gasteiger partial charge < -0.3 is 20.3 Å². The largest absolute Gasteiger partial charge is 0.493 e. The molecule has 1 fully saturated rings. The first-order valence-corrected chi connectivity index (χ1v) is 8.15. The Kier molecular flexibility index (Phi) is 4.38. The summed E-state index contributed by atoms with van der Waals surface area (Å²) in [6, 6.07) is 4.23. The SMILES string of the molecule is COc1cc(C(N)CC(=O)O)ccc1OC1CS(=O)(=O)C1. The molecule has 8 heteroatoms. The third kappa shape index (κ3) is 3.85. The van der Waals surface area contributed by atoms with E-state index in [9.17, 15) is 13.2 Å². The number of carbonyl (C=O) groups is 1. The number of sulfone groups is 1. The van der Waals surface area contributed by atoms with Crippen LogP contribution in [0.2, 0.25) is 0 Å². The Labute approximate surface area is 122 Å². The van der Waals surface area contributed by atoms with Crippen LogP contribution >= 0.6 is 0 Å². The summed E-state index contributed by atoms with van der Waals surface area (Å²) >= 11 is 0. The molecule has 7 nitrogen and oxygen atoms in total. The van der Waals surface area contributed by atoms with Crippen LogP contribution in [0.5, 0.6) is 11.5 Å². The zero-order valence-corrected chi connectivity index (χ0v) is 12.3. The Bertz CT molecular complexity index is 630. The highest BCUT2D eigenvalue weighted by molar-refractivity contribution is 7.92. The number of aliphatic carboxylic acids is 1. The second-order valence-electron chi connectivity index (χ2n) is 4.93. The van der Waals surface area contributed by atoms with E-state index in [1.165, 1.54) is 7.11 Å². The topological polar surface area (TPSA) is 116 Å². The van der Waals surface area contributed by atoms with Gasteiger partial charge in [0.2, 0.25) is 0 Å². The van der Waals surface area contributed by atoms with Crippen LogP contribution in [0, 0.1) is 0 Å². The summed E-state index contributed by atoms with van der Waals surface area (Å²) in [5.74, 6) is -0.171. The molecule has 21 heavy (non-hydrogen) atoms. The summed E-state index contributed by atoms with van der Waals surface area (Å²) in [7, 11) is -1.51. The summed E-state index contributed by atoms with van der Waals surface area (Å²) < 4.78 is 33.0. The average Bonchev–Trinajstić information content (AvgIpc) is 2.36. The zero-order chi connectivity index (χ0) is 15.6. The standard InChI is InChI=1S/C13H17NO6S/c1-19-12-4-8(10(14)5-13(15)16)2-3-11(12)20-9-6-21(17,18)7-9/h2-4,9-10H,5-7,14H2,1H3,(H,15,16). The van der Waals surface area contributed by atoms with Crippen molar-refractivity contribution in [3.63, 3.8) is 0 Å². The Morgan fingerprint density at radius 1 is 1.43 bits per heavy atom. The van der Waals surface area contributed by atoms with E-state index in [-0.39, 0.29) is 24.0 Å². The third-order valence-electron chi connectivity index (χ3n) is 3.18. The maximum atomic E-state index is 11.1. The van der Waals surface area contributed by atoms with Crippen molar-refractivity contribution in [1.29, 1.82) is 0 Å². The van der Waals surface area contributed by atoms with Gasteiger partial charge in [0.15, 0.2) is 21.3 Å². The Balaban J connectivity index is 2.11. The number of methoxy groups -OCH3 is 1. The van der Waals surface area contributed by atoms with Gasteiger partial charge in [0, 0.05) is 6.04 Å². The minimum atomic E-state index is -2.96. The molecule has 1 saturated heterocycles. The van der Waals surface area contributed by atoms with Crippen LogP contribution in [0.3, 0.4) is 0 Å². The van der Waals surface area contributed by atoms with Crippen molar-refractivity contribution in [2.45, 2.75) is 18.6 Å². The molecule has 3 N–H and O–H groups in total. The van der Waals surface area contributed by atoms with Crippen molar-refractivity contribution in [1.82, 2.24) is 0 Å². The molecular formula is C13H17NO6S. The van der Waals surface area contributed by atoms with Crippen LogP contribution in [0.15, 0.2) is 18.2 Å². The van der Waals surface area contributed by atoms with Crippen LogP contribution in [-0.4, -0.2) is 44.2 Å². The lowest BCUT2D eigenvalue weighted by Gasteiger charge is -2.27. The molecule has 0 radical (unpaired) electrons. The molecule has 1 aromatic rings. The van der Waals surface area contributed by atoms with Crippen molar-refractivity contribution in [3.8, 4) is 11.5 Å². The normalized spacial score (nSPS) is 18.6. The molecule has 2 rings (SSSR count). The molecule has 1 aromatic carbocycles. The molecule has 1 heterocycles. The number of benzene rings is 1. The molecule has 1 aliphatic rings. The van der Waals surface area contributed by atoms with E-state index in [4.69, 9.17) is 20.3 Å². The summed E-state index contributed by atoms with van der Waals surface area (Å²) in [5, 5.41) is 8.74. The monoisotopic (exact) mass is 315 g/mol. The fourth-order valence-electron chi connectivity index (χ4n) is 2.08. The quantitative estimate of drug-likeness (QED) is 0.777. The number of rotatable bonds is 6. The van der Waals surface area contributed by atoms with Crippen LogP contribution in [0.4, 0.5) is 0 Å². The van der Waals surface area contributed by atoms with Gasteiger partial charge in [-0.05, 0) is 17.7 Å². The van der Waals surface area contributed by atoms with Crippen LogP contribution in [-0.2, 0) is 14.6 Å². The second kappa shape index (κ2) is 5.90. The van der Waals surface area contributed by atoms with Gasteiger partial charge in [0.25, 0.3) is 0 Å². The number of carboxylic acids is 1. The highest BCUT2D eigenvalue weighted by Crippen LogP contribution is 2.32. The number of hydrogen-bond donors (Lipinski definition) is 2. The van der Waals surface area contributed by atoms with E-state index in [0.717, 1.165) is 0 Å². The highest BCUT2D eigenvalue weighted by atomic mass is 32.2. The van der Waals surface area contributed by atoms with Gasteiger partial charge in [0.05, 0.1) is 25.0 Å². The summed E-state index contributed by atoms with van der Waals surface area (Å²) in [6.07, 6.45) is -0.563. The predicted octanol–water partition coefficient (Wildman–Crippen LogP) is 0.345. The molecule has 1 atom stereocenters. The lowest BCUT2D eigenvalue weighted by Crippen LogP contribution is -2.45. The molecule has 0 bridgehead atoms. The number of nitrogens with two attached hydrogens (primary N) is 1. The maximum absolute atomic E-state index is 11.1. The Hall–Kier alpha value is -1.80. The summed E-state index contributed by atoms with van der Waals surface area (Å²) in [4.78, 5) is 10.7. The molecule has 0 spiro atoms. The summed E-state index contributed by atoms with van der Waals surface area (Å²) in [6.45, 7) is 0. The van der Waals surface area contributed by atoms with Crippen molar-refractivity contribution in [2.75, 3.05) is 18.6 Å². The van der Waals surface area contributed by atoms with Gasteiger partial charge in [-0.25, -0.2) is 8.42 Å².